The number of thioether (sulfide) groups is 1. The van der Waals surface area contributed by atoms with E-state index < -0.39 is 53.1 Å². The number of aliphatic carboxylic acids is 1. The minimum Gasteiger partial charge on any atom is -0.477 e. The maximum atomic E-state index is 13.5. The lowest BCUT2D eigenvalue weighted by Crippen LogP contribution is -2.70. The number of carbonyl (C=O) groups is 7. The molecule has 5 amide bonds. The van der Waals surface area contributed by atoms with E-state index in [1.54, 1.807) is 18.2 Å². The van der Waals surface area contributed by atoms with Gasteiger partial charge in [0.25, 0.3) is 11.8 Å². The zero-order valence-corrected chi connectivity index (χ0v) is 23.7. The lowest BCUT2D eigenvalue weighted by Gasteiger charge is -2.49. The topological polar surface area (TPSA) is 192 Å². The van der Waals surface area contributed by atoms with Gasteiger partial charge in [0.15, 0.2) is 0 Å². The predicted molar refractivity (Wildman–Crippen MR) is 148 cm³/mol. The number of hydrogen-bond acceptors (Lipinski definition) is 11. The second kappa shape index (κ2) is 12.3. The van der Waals surface area contributed by atoms with Crippen LogP contribution in [-0.2, 0) is 44.7 Å². The van der Waals surface area contributed by atoms with Crippen LogP contribution in [0.1, 0.15) is 12.5 Å². The molecule has 0 saturated carbocycles. The number of fused-ring (bicyclic) bond motifs is 1. The molecule has 5 rings (SSSR count). The molecule has 15 nitrogen and oxygen atoms in total. The van der Waals surface area contributed by atoms with Crippen LogP contribution in [0.15, 0.2) is 47.2 Å². The lowest BCUT2D eigenvalue weighted by atomic mass is 10.0. The second-order valence-corrected chi connectivity index (χ2v) is 11.0. The monoisotopic (exact) mass is 613 g/mol. The van der Waals surface area contributed by atoms with Gasteiger partial charge in [-0.05, 0) is 17.7 Å². The summed E-state index contributed by atoms with van der Waals surface area (Å²) in [5.41, 5.74) is 0.0367. The molecule has 4 aliphatic rings. The number of nitrogens with zero attached hydrogens (tertiary/aromatic N) is 3. The zero-order valence-electron chi connectivity index (χ0n) is 22.9. The number of cyclic esters (lactones) is 1. The molecule has 2 fully saturated rings. The van der Waals surface area contributed by atoms with Crippen LogP contribution >= 0.6 is 11.8 Å². The number of benzene rings is 1. The third-order valence-electron chi connectivity index (χ3n) is 7.08. The van der Waals surface area contributed by atoms with Crippen molar-refractivity contribution in [3.05, 3.63) is 52.7 Å². The molecule has 226 valence electrons. The molecule has 0 spiro atoms. The number of esters is 2. The Balaban J connectivity index is 1.34. The molecule has 2 atom stereocenters. The summed E-state index contributed by atoms with van der Waals surface area (Å²) in [6.07, 6.45) is 0.950. The van der Waals surface area contributed by atoms with Crippen molar-refractivity contribution in [1.29, 1.82) is 0 Å². The van der Waals surface area contributed by atoms with Gasteiger partial charge in [-0.1, -0.05) is 18.2 Å². The van der Waals surface area contributed by atoms with Crippen molar-refractivity contribution in [2.24, 2.45) is 0 Å². The molecule has 2 saturated heterocycles. The fourth-order valence-electron chi connectivity index (χ4n) is 5.03. The maximum absolute atomic E-state index is 13.5. The van der Waals surface area contributed by atoms with Gasteiger partial charge in [0.05, 0.1) is 18.8 Å². The molecule has 0 aliphatic carbocycles. The molecule has 0 bridgehead atoms. The Morgan fingerprint density at radius 2 is 1.98 bits per heavy atom. The van der Waals surface area contributed by atoms with Gasteiger partial charge in [0, 0.05) is 31.3 Å². The Bertz CT molecular complexity index is 1480. The van der Waals surface area contributed by atoms with Crippen molar-refractivity contribution in [3.63, 3.8) is 0 Å². The number of nitrogens with one attached hydrogen (secondary N) is 2. The SMILES string of the molecule is CC(=O)OCC1=C(C(=O)O)N2C(=O)C(NC(=O)Cc3ccccc3N(C(=O)C3=CCOC3=O)C(=O)N3CCNC3)[C@@H]2SC1. The number of carbonyl (C=O) groups excluding carboxylic acids is 6. The summed E-state index contributed by atoms with van der Waals surface area (Å²) >= 11 is 1.22. The van der Waals surface area contributed by atoms with Crippen molar-refractivity contribution < 1.29 is 48.1 Å². The van der Waals surface area contributed by atoms with Gasteiger partial charge in [-0.15, -0.1) is 11.8 Å². The highest BCUT2D eigenvalue weighted by molar-refractivity contribution is 8.00. The Labute approximate surface area is 248 Å². The van der Waals surface area contributed by atoms with Crippen LogP contribution in [0.4, 0.5) is 10.5 Å². The summed E-state index contributed by atoms with van der Waals surface area (Å²) in [5.74, 6) is -4.79. The van der Waals surface area contributed by atoms with Gasteiger partial charge in [0.1, 0.15) is 35.9 Å². The first-order valence-electron chi connectivity index (χ1n) is 13.2. The van der Waals surface area contributed by atoms with Crippen molar-refractivity contribution in [1.82, 2.24) is 20.4 Å². The minimum atomic E-state index is -1.36. The van der Waals surface area contributed by atoms with Gasteiger partial charge >= 0.3 is 23.9 Å². The molecule has 4 aliphatic heterocycles. The molecular formula is C27H27N5O10S. The van der Waals surface area contributed by atoms with Crippen molar-refractivity contribution in [2.45, 2.75) is 24.8 Å². The maximum Gasteiger partial charge on any atom is 0.352 e. The molecule has 0 aromatic heterocycles. The number of ether oxygens (including phenoxy) is 2. The third-order valence-corrected chi connectivity index (χ3v) is 8.42. The number of rotatable bonds is 8. The number of anilines is 1. The number of hydrogen-bond donors (Lipinski definition) is 3. The van der Waals surface area contributed by atoms with Crippen LogP contribution in [0.5, 0.6) is 0 Å². The molecule has 0 radical (unpaired) electrons. The van der Waals surface area contributed by atoms with Crippen LogP contribution in [-0.4, -0.2) is 107 Å². The number of urea groups is 1. The molecule has 16 heteroatoms. The zero-order chi connectivity index (χ0) is 30.8. The third kappa shape index (κ3) is 5.83. The summed E-state index contributed by atoms with van der Waals surface area (Å²) in [7, 11) is 0. The van der Waals surface area contributed by atoms with Crippen molar-refractivity contribution in [3.8, 4) is 0 Å². The van der Waals surface area contributed by atoms with E-state index in [1.165, 1.54) is 35.7 Å². The fraction of sp³-hybridized carbons (Fsp3) is 0.370. The first-order chi connectivity index (χ1) is 20.6. The summed E-state index contributed by atoms with van der Waals surface area (Å²) in [5, 5.41) is 14.7. The van der Waals surface area contributed by atoms with E-state index in [0.717, 1.165) is 9.80 Å². The Morgan fingerprint density at radius 3 is 2.63 bits per heavy atom. The van der Waals surface area contributed by atoms with E-state index in [0.29, 0.717) is 13.1 Å². The summed E-state index contributed by atoms with van der Waals surface area (Å²) in [6, 6.07) is 4.49. The van der Waals surface area contributed by atoms with Gasteiger partial charge < -0.3 is 24.8 Å². The predicted octanol–water partition coefficient (Wildman–Crippen LogP) is -0.670. The van der Waals surface area contributed by atoms with Gasteiger partial charge in [-0.25, -0.2) is 19.3 Å². The van der Waals surface area contributed by atoms with Gasteiger partial charge in [0.2, 0.25) is 5.91 Å². The number of carboxylic acid groups (broad SMARTS) is 1. The molecule has 1 aromatic rings. The van der Waals surface area contributed by atoms with E-state index >= 15 is 0 Å². The first kappa shape index (κ1) is 29.8. The number of para-hydroxylation sites is 1. The smallest absolute Gasteiger partial charge is 0.352 e. The Morgan fingerprint density at radius 1 is 1.21 bits per heavy atom. The van der Waals surface area contributed by atoms with Crippen LogP contribution in [0, 0.1) is 0 Å². The van der Waals surface area contributed by atoms with Crippen LogP contribution in [0.25, 0.3) is 0 Å². The first-order valence-corrected chi connectivity index (χ1v) is 14.2. The molecule has 43 heavy (non-hydrogen) atoms. The molecule has 1 aromatic carbocycles. The van der Waals surface area contributed by atoms with Crippen molar-refractivity contribution in [2.75, 3.05) is 43.6 Å². The minimum absolute atomic E-state index is 0.0833. The average Bonchev–Trinajstić information content (AvgIpc) is 3.67. The molecule has 3 N–H and O–H groups in total. The highest BCUT2D eigenvalue weighted by Crippen LogP contribution is 2.40. The second-order valence-electron chi connectivity index (χ2n) is 9.86. The van der Waals surface area contributed by atoms with Gasteiger partial charge in [-0.2, -0.15) is 0 Å². The largest absolute Gasteiger partial charge is 0.477 e. The highest BCUT2D eigenvalue weighted by Gasteiger charge is 2.54. The van der Waals surface area contributed by atoms with E-state index in [4.69, 9.17) is 9.47 Å². The van der Waals surface area contributed by atoms with E-state index in [2.05, 4.69) is 10.6 Å². The molecule has 4 heterocycles. The Kier molecular flexibility index (Phi) is 8.50. The van der Waals surface area contributed by atoms with Crippen LogP contribution in [0.3, 0.4) is 0 Å². The van der Waals surface area contributed by atoms with E-state index in [-0.39, 0.29) is 60.2 Å². The number of β-lactam (4-membered cyclic amide) rings is 1. The van der Waals surface area contributed by atoms with Gasteiger partial charge in [-0.3, -0.25) is 29.4 Å². The molecular weight excluding hydrogens is 586 g/mol. The fourth-order valence-corrected chi connectivity index (χ4v) is 6.35. The van der Waals surface area contributed by atoms with Crippen LogP contribution in [0.2, 0.25) is 0 Å². The summed E-state index contributed by atoms with van der Waals surface area (Å²) in [4.78, 5) is 91.8. The Hall–Kier alpha value is -4.70. The average molecular weight is 614 g/mol. The highest BCUT2D eigenvalue weighted by atomic mass is 32.2. The lowest BCUT2D eigenvalue weighted by molar-refractivity contribution is -0.151. The van der Waals surface area contributed by atoms with E-state index in [1.807, 2.05) is 0 Å². The summed E-state index contributed by atoms with van der Waals surface area (Å²) < 4.78 is 9.79. The van der Waals surface area contributed by atoms with E-state index in [9.17, 15) is 38.7 Å². The number of imide groups is 1. The quantitative estimate of drug-likeness (QED) is 0.191. The summed E-state index contributed by atoms with van der Waals surface area (Å²) in [6.45, 7) is 1.83. The number of carboxylic acids is 1. The standard InChI is InChI=1S/C27H27N5O10S/c1-14(33)42-11-16-12-43-24-20(23(36)32(24)21(16)25(37)38)29-19(34)10-15-4-2-3-5-18(15)31(27(40)30-8-7-28-13-30)22(35)17-6-9-41-26(17)39/h2-6,20,24,28H,7-13H2,1H3,(H,29,34)(H,37,38)/t20?,24-/m0/s1. The van der Waals surface area contributed by atoms with Crippen LogP contribution < -0.4 is 15.5 Å². The number of amides is 5. The molecule has 1 unspecified atom stereocenters. The normalized spacial score (nSPS) is 21.0. The van der Waals surface area contributed by atoms with Crippen molar-refractivity contribution >= 4 is 59.1 Å².